The summed E-state index contributed by atoms with van der Waals surface area (Å²) in [5.41, 5.74) is 6.76. The Morgan fingerprint density at radius 2 is 0.800 bits per heavy atom. The Labute approximate surface area is 292 Å². The Bertz CT molecular complexity index is 2300. The molecule has 0 aromatic heterocycles. The van der Waals surface area contributed by atoms with Crippen molar-refractivity contribution in [3.63, 3.8) is 0 Å². The molecular weight excluding hydrogens is 617 g/mol. The van der Waals surface area contributed by atoms with Crippen molar-refractivity contribution >= 4 is 43.1 Å². The van der Waals surface area contributed by atoms with Crippen molar-refractivity contribution in [1.29, 1.82) is 0 Å². The highest BCUT2D eigenvalue weighted by Gasteiger charge is 2.20. The van der Waals surface area contributed by atoms with Crippen LogP contribution in [0, 0.1) is 0 Å². The molecule has 8 aromatic rings. The molecule has 0 aliphatic heterocycles. The second-order valence-corrected chi connectivity index (χ2v) is 12.5. The van der Waals surface area contributed by atoms with Gasteiger partial charge in [0.25, 0.3) is 0 Å². The molecule has 0 saturated carbocycles. The summed E-state index contributed by atoms with van der Waals surface area (Å²) >= 11 is 0. The molecule has 0 radical (unpaired) electrons. The molecule has 0 heterocycles. The molecule has 0 amide bonds. The van der Waals surface area contributed by atoms with Crippen LogP contribution in [0.1, 0.15) is 0 Å². The van der Waals surface area contributed by atoms with Gasteiger partial charge >= 0.3 is 0 Å². The molecule has 0 saturated heterocycles. The zero-order valence-corrected chi connectivity index (χ0v) is 28.3. The molecule has 0 spiro atoms. The van der Waals surface area contributed by atoms with Gasteiger partial charge < -0.3 is 18.9 Å². The average Bonchev–Trinajstić information content (AvgIpc) is 3.17. The Kier molecular flexibility index (Phi) is 8.87. The fraction of sp³-hybridized carbons (Fsp3) is 0.130. The summed E-state index contributed by atoms with van der Waals surface area (Å²) in [5, 5.41) is 9.34. The zero-order valence-electron chi connectivity index (χ0n) is 28.3. The highest BCUT2D eigenvalue weighted by Crippen LogP contribution is 2.47. The van der Waals surface area contributed by atoms with E-state index in [4.69, 9.17) is 18.9 Å². The van der Waals surface area contributed by atoms with Crippen molar-refractivity contribution < 1.29 is 18.9 Å². The van der Waals surface area contributed by atoms with E-state index in [9.17, 15) is 0 Å². The first-order valence-corrected chi connectivity index (χ1v) is 17.1. The number of hydrogen-bond acceptors (Lipinski definition) is 4. The normalized spacial score (nSPS) is 11.5. The van der Waals surface area contributed by atoms with Crippen LogP contribution in [0.4, 0.5) is 0 Å². The van der Waals surface area contributed by atoms with Gasteiger partial charge in [0, 0.05) is 25.3 Å². The maximum Gasteiger partial charge on any atom is 0.128 e. The van der Waals surface area contributed by atoms with Gasteiger partial charge in [-0.2, -0.15) is 0 Å². The number of rotatable bonds is 11. The monoisotopic (exact) mass is 654 g/mol. The van der Waals surface area contributed by atoms with Gasteiger partial charge in [-0.3, -0.25) is 0 Å². The van der Waals surface area contributed by atoms with Crippen LogP contribution in [0.2, 0.25) is 0 Å². The summed E-state index contributed by atoms with van der Waals surface area (Å²) in [6.07, 6.45) is 0. The summed E-state index contributed by atoms with van der Waals surface area (Å²) in [4.78, 5) is 0. The van der Waals surface area contributed by atoms with Gasteiger partial charge in [0.1, 0.15) is 24.7 Å². The predicted molar refractivity (Wildman–Crippen MR) is 208 cm³/mol. The van der Waals surface area contributed by atoms with Crippen molar-refractivity contribution in [3.8, 4) is 44.9 Å². The number of benzene rings is 8. The molecule has 8 rings (SSSR count). The van der Waals surface area contributed by atoms with Crippen LogP contribution in [0.5, 0.6) is 11.5 Å². The highest BCUT2D eigenvalue weighted by atomic mass is 16.5. The summed E-state index contributed by atoms with van der Waals surface area (Å²) in [6.45, 7) is 1.83. The minimum absolute atomic E-state index is 0.430. The van der Waals surface area contributed by atoms with Gasteiger partial charge in [0.05, 0.1) is 13.2 Å². The van der Waals surface area contributed by atoms with E-state index in [-0.39, 0.29) is 0 Å². The third kappa shape index (κ3) is 5.94. The molecule has 4 nitrogen and oxygen atoms in total. The van der Waals surface area contributed by atoms with Crippen molar-refractivity contribution in [2.24, 2.45) is 0 Å². The quantitative estimate of drug-likeness (QED) is 0.130. The standard InChI is InChI=1S/C46H38O4/c1-47-25-27-49-43-23-19-35-29-33(39-15-7-11-31-9-3-5-13-37(31)39)17-21-41(35)45(43)46-42-22-18-34(30-36(42)20-24-44(46)50-28-26-48-2)40-16-8-12-32-10-4-6-14-38(32)40/h3-24,29-30H,25-28H2,1-2H3. The lowest BCUT2D eigenvalue weighted by Crippen LogP contribution is -2.07. The number of fused-ring (bicyclic) bond motifs is 4. The molecular formula is C46H38O4. The molecule has 50 heavy (non-hydrogen) atoms. The van der Waals surface area contributed by atoms with Gasteiger partial charge in [-0.1, -0.05) is 121 Å². The van der Waals surface area contributed by atoms with E-state index < -0.39 is 0 Å². The van der Waals surface area contributed by atoms with Crippen molar-refractivity contribution in [2.45, 2.75) is 0 Å². The molecule has 0 unspecified atom stereocenters. The van der Waals surface area contributed by atoms with E-state index in [0.717, 1.165) is 44.2 Å². The van der Waals surface area contributed by atoms with E-state index in [1.165, 1.54) is 43.8 Å². The van der Waals surface area contributed by atoms with Crippen molar-refractivity contribution in [2.75, 3.05) is 40.6 Å². The van der Waals surface area contributed by atoms with Crippen molar-refractivity contribution in [1.82, 2.24) is 0 Å². The third-order valence-electron chi connectivity index (χ3n) is 9.50. The lowest BCUT2D eigenvalue weighted by Gasteiger charge is -2.20. The van der Waals surface area contributed by atoms with Crippen LogP contribution in [0.25, 0.3) is 76.5 Å². The van der Waals surface area contributed by atoms with E-state index in [0.29, 0.717) is 26.4 Å². The van der Waals surface area contributed by atoms with Crippen LogP contribution in [0.15, 0.2) is 146 Å². The Morgan fingerprint density at radius 1 is 0.360 bits per heavy atom. The maximum atomic E-state index is 6.48. The van der Waals surface area contributed by atoms with E-state index in [2.05, 4.69) is 146 Å². The third-order valence-corrected chi connectivity index (χ3v) is 9.50. The average molecular weight is 655 g/mol. The zero-order chi connectivity index (χ0) is 33.9. The minimum Gasteiger partial charge on any atom is -0.491 e. The second kappa shape index (κ2) is 14.0. The van der Waals surface area contributed by atoms with Crippen LogP contribution in [-0.2, 0) is 9.47 Å². The lowest BCUT2D eigenvalue weighted by atomic mass is 9.89. The summed E-state index contributed by atoms with van der Waals surface area (Å²) in [6, 6.07) is 52.1. The van der Waals surface area contributed by atoms with Gasteiger partial charge in [-0.05, 0) is 89.6 Å². The van der Waals surface area contributed by atoms with E-state index >= 15 is 0 Å². The molecule has 0 bridgehead atoms. The predicted octanol–water partition coefficient (Wildman–Crippen LogP) is 11.4. The fourth-order valence-electron chi connectivity index (χ4n) is 7.14. The first-order valence-electron chi connectivity index (χ1n) is 17.1. The lowest BCUT2D eigenvalue weighted by molar-refractivity contribution is 0.146. The van der Waals surface area contributed by atoms with Gasteiger partial charge in [-0.15, -0.1) is 0 Å². The Morgan fingerprint density at radius 3 is 1.26 bits per heavy atom. The van der Waals surface area contributed by atoms with Crippen LogP contribution in [0.3, 0.4) is 0 Å². The van der Waals surface area contributed by atoms with Gasteiger partial charge in [0.2, 0.25) is 0 Å². The van der Waals surface area contributed by atoms with Crippen LogP contribution >= 0.6 is 0 Å². The smallest absolute Gasteiger partial charge is 0.128 e. The largest absolute Gasteiger partial charge is 0.491 e. The Balaban J connectivity index is 1.35. The number of methoxy groups -OCH3 is 2. The molecule has 0 aliphatic carbocycles. The molecule has 8 aromatic carbocycles. The van der Waals surface area contributed by atoms with Crippen LogP contribution in [-0.4, -0.2) is 40.6 Å². The first-order chi connectivity index (χ1) is 24.7. The van der Waals surface area contributed by atoms with Crippen LogP contribution < -0.4 is 9.47 Å². The van der Waals surface area contributed by atoms with E-state index in [1.807, 2.05) is 0 Å². The second-order valence-electron chi connectivity index (χ2n) is 12.5. The van der Waals surface area contributed by atoms with Gasteiger partial charge in [-0.25, -0.2) is 0 Å². The number of ether oxygens (including phenoxy) is 4. The SMILES string of the molecule is COCCOc1ccc2cc(-c3cccc4ccccc34)ccc2c1-c1c(OCCOC)ccc2cc(-c3cccc4ccccc34)ccc12. The number of hydrogen-bond donors (Lipinski definition) is 0. The Hall–Kier alpha value is -5.68. The summed E-state index contributed by atoms with van der Waals surface area (Å²) < 4.78 is 23.7. The highest BCUT2D eigenvalue weighted by molar-refractivity contribution is 6.12. The summed E-state index contributed by atoms with van der Waals surface area (Å²) in [5.74, 6) is 1.57. The van der Waals surface area contributed by atoms with E-state index in [1.54, 1.807) is 14.2 Å². The topological polar surface area (TPSA) is 36.9 Å². The molecule has 4 heteroatoms. The maximum absolute atomic E-state index is 6.48. The van der Waals surface area contributed by atoms with Gasteiger partial charge in [0.15, 0.2) is 0 Å². The molecule has 246 valence electrons. The van der Waals surface area contributed by atoms with Crippen molar-refractivity contribution in [3.05, 3.63) is 146 Å². The first kappa shape index (κ1) is 31.6. The fourth-order valence-corrected chi connectivity index (χ4v) is 7.14. The minimum atomic E-state index is 0.430. The molecule has 0 N–H and O–H groups in total. The molecule has 0 atom stereocenters. The molecule has 0 fully saturated rings. The molecule has 0 aliphatic rings. The summed E-state index contributed by atoms with van der Waals surface area (Å²) in [7, 11) is 3.39.